The van der Waals surface area contributed by atoms with Gasteiger partial charge in [-0.1, -0.05) is 17.7 Å². The van der Waals surface area contributed by atoms with Crippen LogP contribution in [0.3, 0.4) is 0 Å². The van der Waals surface area contributed by atoms with E-state index in [1.807, 2.05) is 18.2 Å². The summed E-state index contributed by atoms with van der Waals surface area (Å²) in [6, 6.07) is 9.88. The highest BCUT2D eigenvalue weighted by Gasteiger charge is 2.24. The molecular weight excluding hydrogens is 476 g/mol. The van der Waals surface area contributed by atoms with E-state index in [2.05, 4.69) is 32.4 Å². The Morgan fingerprint density at radius 2 is 1.76 bits per heavy atom. The Morgan fingerprint density at radius 3 is 2.44 bits per heavy atom. The Hall–Kier alpha value is -2.95. The van der Waals surface area contributed by atoms with Gasteiger partial charge in [-0.05, 0) is 50.3 Å². The van der Waals surface area contributed by atoms with E-state index in [1.54, 1.807) is 6.07 Å². The lowest BCUT2D eigenvalue weighted by Gasteiger charge is -2.35. The van der Waals surface area contributed by atoms with Crippen LogP contribution in [0.25, 0.3) is 0 Å². The average molecular weight is 503 g/mol. The molecule has 2 saturated heterocycles. The molecule has 2 heterocycles. The van der Waals surface area contributed by atoms with Gasteiger partial charge in [0, 0.05) is 51.4 Å². The molecule has 0 radical (unpaired) electrons. The molecule has 2 aliphatic rings. The number of carbonyl (C=O) groups is 1. The van der Waals surface area contributed by atoms with Crippen LogP contribution >= 0.6 is 23.8 Å². The van der Waals surface area contributed by atoms with E-state index >= 15 is 0 Å². The van der Waals surface area contributed by atoms with Crippen molar-refractivity contribution >= 4 is 57.6 Å². The van der Waals surface area contributed by atoms with Crippen molar-refractivity contribution in [3.05, 3.63) is 57.1 Å². The minimum Gasteiger partial charge on any atom is -0.371 e. The fraction of sp³-hybridized carbons (Fsp3) is 0.391. The number of piperazine rings is 1. The summed E-state index contributed by atoms with van der Waals surface area (Å²) >= 11 is 12.0. The highest BCUT2D eigenvalue weighted by Crippen LogP contribution is 2.34. The number of anilines is 3. The van der Waals surface area contributed by atoms with Crippen molar-refractivity contribution in [1.29, 1.82) is 0 Å². The molecule has 2 aromatic carbocycles. The maximum absolute atomic E-state index is 13.2. The normalized spacial score (nSPS) is 16.4. The summed E-state index contributed by atoms with van der Waals surface area (Å²) < 4.78 is 0. The maximum atomic E-state index is 13.2. The van der Waals surface area contributed by atoms with Gasteiger partial charge < -0.3 is 20.0 Å². The van der Waals surface area contributed by atoms with Gasteiger partial charge in [-0.25, -0.2) is 0 Å². The number of nitrogens with zero attached hydrogens (tertiary/aromatic N) is 4. The van der Waals surface area contributed by atoms with Crippen LogP contribution < -0.4 is 20.4 Å². The lowest BCUT2D eigenvalue weighted by Crippen LogP contribution is -2.45. The summed E-state index contributed by atoms with van der Waals surface area (Å²) in [5, 5.41) is 17.8. The standard InChI is InChI=1S/C23H27ClN6O3S/c1-27-11-13-29(14-12-27)21-18(24)5-4-6-19(21)25-23(34)26-22(31)17-15-16(30(32)33)7-8-20(17)28-9-2-3-10-28/h4-8,15H,2-3,9-14H2,1H3,(H2,25,26,31,34). The number of nitro benzene ring substituents is 1. The van der Waals surface area contributed by atoms with Gasteiger partial charge in [-0.15, -0.1) is 0 Å². The van der Waals surface area contributed by atoms with Gasteiger partial charge in [0.1, 0.15) is 0 Å². The number of hydrogen-bond donors (Lipinski definition) is 2. The van der Waals surface area contributed by atoms with Crippen molar-refractivity contribution in [1.82, 2.24) is 10.2 Å². The molecule has 2 N–H and O–H groups in total. The van der Waals surface area contributed by atoms with Crippen molar-refractivity contribution < 1.29 is 9.72 Å². The predicted octanol–water partition coefficient (Wildman–Crippen LogP) is 3.73. The molecule has 0 bridgehead atoms. The smallest absolute Gasteiger partial charge is 0.270 e. The van der Waals surface area contributed by atoms with Gasteiger partial charge in [-0.3, -0.25) is 20.2 Å². The molecule has 0 unspecified atom stereocenters. The van der Waals surface area contributed by atoms with E-state index in [-0.39, 0.29) is 16.4 Å². The first-order valence-corrected chi connectivity index (χ1v) is 12.0. The van der Waals surface area contributed by atoms with Crippen molar-refractivity contribution in [2.24, 2.45) is 0 Å². The predicted molar refractivity (Wildman–Crippen MR) is 139 cm³/mol. The molecule has 1 amide bonds. The molecule has 2 aliphatic heterocycles. The number of amides is 1. The first kappa shape index (κ1) is 24.2. The van der Waals surface area contributed by atoms with Crippen LogP contribution in [-0.2, 0) is 0 Å². The number of nitrogens with one attached hydrogen (secondary N) is 2. The number of rotatable bonds is 5. The van der Waals surface area contributed by atoms with E-state index in [0.29, 0.717) is 16.4 Å². The fourth-order valence-electron chi connectivity index (χ4n) is 4.34. The van der Waals surface area contributed by atoms with Crippen LogP contribution in [0.5, 0.6) is 0 Å². The Kier molecular flexibility index (Phi) is 7.50. The molecular formula is C23H27ClN6O3S. The third kappa shape index (κ3) is 5.40. The minimum atomic E-state index is -0.505. The Labute approximate surface area is 208 Å². The number of para-hydroxylation sites is 1. The molecule has 0 aromatic heterocycles. The number of halogens is 1. The van der Waals surface area contributed by atoms with Crippen LogP contribution in [0.15, 0.2) is 36.4 Å². The van der Waals surface area contributed by atoms with Crippen molar-refractivity contribution in [3.8, 4) is 0 Å². The van der Waals surface area contributed by atoms with Crippen LogP contribution in [-0.4, -0.2) is 67.2 Å². The van der Waals surface area contributed by atoms with E-state index in [0.717, 1.165) is 57.8 Å². The average Bonchev–Trinajstić information content (AvgIpc) is 3.34. The number of non-ortho nitro benzene ring substituents is 1. The molecule has 9 nitrogen and oxygen atoms in total. The van der Waals surface area contributed by atoms with Gasteiger partial charge in [-0.2, -0.15) is 0 Å². The van der Waals surface area contributed by atoms with Crippen molar-refractivity contribution in [3.63, 3.8) is 0 Å². The van der Waals surface area contributed by atoms with Crippen molar-refractivity contribution in [2.45, 2.75) is 12.8 Å². The Balaban J connectivity index is 1.53. The van der Waals surface area contributed by atoms with Crippen molar-refractivity contribution in [2.75, 3.05) is 61.4 Å². The molecule has 4 rings (SSSR count). The first-order valence-electron chi connectivity index (χ1n) is 11.2. The SMILES string of the molecule is CN1CCN(c2c(Cl)cccc2NC(=S)NC(=O)c2cc([N+](=O)[O-])ccc2N2CCCC2)CC1. The fourth-order valence-corrected chi connectivity index (χ4v) is 4.84. The van der Waals surface area contributed by atoms with Gasteiger partial charge in [0.25, 0.3) is 11.6 Å². The van der Waals surface area contributed by atoms with E-state index in [4.69, 9.17) is 23.8 Å². The number of hydrogen-bond acceptors (Lipinski definition) is 7. The van der Waals surface area contributed by atoms with E-state index in [9.17, 15) is 14.9 Å². The Bertz CT molecular complexity index is 1100. The summed E-state index contributed by atoms with van der Waals surface area (Å²) in [6.07, 6.45) is 2.03. The number of nitro groups is 1. The zero-order valence-corrected chi connectivity index (χ0v) is 20.5. The molecule has 11 heteroatoms. The summed E-state index contributed by atoms with van der Waals surface area (Å²) in [4.78, 5) is 30.5. The van der Waals surface area contributed by atoms with Gasteiger partial charge in [0.15, 0.2) is 5.11 Å². The first-order chi connectivity index (χ1) is 16.3. The third-order valence-corrected chi connectivity index (χ3v) is 6.67. The molecule has 34 heavy (non-hydrogen) atoms. The van der Waals surface area contributed by atoms with Crippen LogP contribution in [0, 0.1) is 10.1 Å². The molecule has 0 saturated carbocycles. The summed E-state index contributed by atoms with van der Waals surface area (Å²) in [7, 11) is 2.08. The van der Waals surface area contributed by atoms with E-state index in [1.165, 1.54) is 12.1 Å². The topological polar surface area (TPSA) is 94.0 Å². The number of thiocarbonyl (C=S) groups is 1. The molecule has 0 atom stereocenters. The molecule has 2 fully saturated rings. The summed E-state index contributed by atoms with van der Waals surface area (Å²) in [6.45, 7) is 5.08. The highest BCUT2D eigenvalue weighted by atomic mass is 35.5. The number of benzene rings is 2. The second-order valence-electron chi connectivity index (χ2n) is 8.49. The number of likely N-dealkylation sites (N-methyl/N-ethyl adjacent to an activating group) is 1. The highest BCUT2D eigenvalue weighted by molar-refractivity contribution is 7.80. The molecule has 0 spiro atoms. The van der Waals surface area contributed by atoms with Crippen LogP contribution in [0.2, 0.25) is 5.02 Å². The van der Waals surface area contributed by atoms with Crippen LogP contribution in [0.4, 0.5) is 22.7 Å². The second kappa shape index (κ2) is 10.5. The summed E-state index contributed by atoms with van der Waals surface area (Å²) in [5.74, 6) is -0.494. The largest absolute Gasteiger partial charge is 0.371 e. The molecule has 2 aromatic rings. The zero-order valence-electron chi connectivity index (χ0n) is 18.9. The van der Waals surface area contributed by atoms with Gasteiger partial charge in [0.2, 0.25) is 0 Å². The van der Waals surface area contributed by atoms with E-state index < -0.39 is 10.8 Å². The summed E-state index contributed by atoms with van der Waals surface area (Å²) in [5.41, 5.74) is 2.29. The molecule has 0 aliphatic carbocycles. The maximum Gasteiger partial charge on any atom is 0.270 e. The lowest BCUT2D eigenvalue weighted by atomic mass is 10.1. The lowest BCUT2D eigenvalue weighted by molar-refractivity contribution is -0.384. The third-order valence-electron chi connectivity index (χ3n) is 6.16. The monoisotopic (exact) mass is 502 g/mol. The number of carbonyl (C=O) groups excluding carboxylic acids is 1. The van der Waals surface area contributed by atoms with Crippen LogP contribution in [0.1, 0.15) is 23.2 Å². The second-order valence-corrected chi connectivity index (χ2v) is 9.30. The quantitative estimate of drug-likeness (QED) is 0.363. The zero-order chi connectivity index (χ0) is 24.2. The van der Waals surface area contributed by atoms with Gasteiger partial charge >= 0.3 is 0 Å². The van der Waals surface area contributed by atoms with Gasteiger partial charge in [0.05, 0.1) is 32.6 Å². The molecule has 180 valence electrons. The minimum absolute atomic E-state index is 0.0986. The Morgan fingerprint density at radius 1 is 1.06 bits per heavy atom.